The lowest BCUT2D eigenvalue weighted by Gasteiger charge is -2.23. The van der Waals surface area contributed by atoms with Gasteiger partial charge in [0, 0.05) is 11.8 Å². The van der Waals surface area contributed by atoms with Crippen molar-refractivity contribution in [1.29, 1.82) is 0 Å². The van der Waals surface area contributed by atoms with Gasteiger partial charge < -0.3 is 9.29 Å². The summed E-state index contributed by atoms with van der Waals surface area (Å²) < 4.78 is 14.2. The quantitative estimate of drug-likeness (QED) is 0.622. The van der Waals surface area contributed by atoms with Crippen LogP contribution in [0.15, 0.2) is 11.4 Å². The van der Waals surface area contributed by atoms with Crippen molar-refractivity contribution in [2.45, 2.75) is 44.6 Å². The van der Waals surface area contributed by atoms with Crippen molar-refractivity contribution in [2.75, 3.05) is 0 Å². The van der Waals surface area contributed by atoms with E-state index in [0.29, 0.717) is 30.3 Å². The molecule has 1 aromatic heterocycles. The van der Waals surface area contributed by atoms with Crippen LogP contribution in [0.2, 0.25) is 0 Å². The Labute approximate surface area is 110 Å². The summed E-state index contributed by atoms with van der Waals surface area (Å²) in [4.78, 5) is 21.6. The van der Waals surface area contributed by atoms with E-state index in [2.05, 4.69) is 9.97 Å². The summed E-state index contributed by atoms with van der Waals surface area (Å²) in [5.74, 6) is 0. The first-order chi connectivity index (χ1) is 8.39. The summed E-state index contributed by atoms with van der Waals surface area (Å²) in [6.07, 6.45) is 1.27. The predicted octanol–water partition coefficient (Wildman–Crippen LogP) is 2.29. The molecule has 1 N–H and O–H groups in total. The van der Waals surface area contributed by atoms with Crippen molar-refractivity contribution in [3.8, 4) is 0 Å². The van der Waals surface area contributed by atoms with Crippen LogP contribution in [0.5, 0.6) is 0 Å². The zero-order valence-electron chi connectivity index (χ0n) is 10.5. The molecule has 0 saturated heterocycles. The lowest BCUT2D eigenvalue weighted by Crippen LogP contribution is -2.33. The Morgan fingerprint density at radius 1 is 1.50 bits per heavy atom. The normalized spacial score (nSPS) is 14.6. The molecule has 6 nitrogen and oxygen atoms in total. The van der Waals surface area contributed by atoms with Crippen LogP contribution in [-0.4, -0.2) is 31.1 Å². The molecule has 1 amide bonds. The van der Waals surface area contributed by atoms with Crippen molar-refractivity contribution >= 4 is 18.1 Å². The number of ether oxygens (including phenoxy) is 1. The van der Waals surface area contributed by atoms with Gasteiger partial charge in [0.15, 0.2) is 0 Å². The molecule has 2 heterocycles. The third kappa shape index (κ3) is 2.91. The Morgan fingerprint density at radius 2 is 2.22 bits per heavy atom. The number of fused-ring (bicyclic) bond motifs is 1. The molecule has 18 heavy (non-hydrogen) atoms. The number of rotatable bonds is 1. The highest BCUT2D eigenvalue weighted by molar-refractivity contribution is 7.93. The highest BCUT2D eigenvalue weighted by atomic mass is 32.2. The second kappa shape index (κ2) is 4.74. The minimum absolute atomic E-state index is 0.291. The Bertz CT molecular complexity index is 473. The first-order valence-electron chi connectivity index (χ1n) is 5.53. The lowest BCUT2D eigenvalue weighted by molar-refractivity contribution is 0.0240. The van der Waals surface area contributed by atoms with Crippen molar-refractivity contribution < 1.29 is 14.1 Å². The summed E-state index contributed by atoms with van der Waals surface area (Å²) in [6.45, 7) is 6.32. The van der Waals surface area contributed by atoms with E-state index in [0.717, 1.165) is 11.3 Å². The summed E-state index contributed by atoms with van der Waals surface area (Å²) in [6, 6.07) is 0. The van der Waals surface area contributed by atoms with Crippen LogP contribution in [0.4, 0.5) is 4.79 Å². The number of hydrogen-bond donors (Lipinski definition) is 1. The molecular formula is C11H15N3O3S. The molecule has 0 saturated carbocycles. The van der Waals surface area contributed by atoms with Crippen molar-refractivity contribution in [2.24, 2.45) is 0 Å². The molecule has 2 rings (SSSR count). The van der Waals surface area contributed by atoms with Crippen LogP contribution >= 0.6 is 12.0 Å². The van der Waals surface area contributed by atoms with Crippen molar-refractivity contribution in [3.63, 3.8) is 0 Å². The standard InChI is InChI=1S/C11H15N3O3S/c1-11(2,3)17-10(15)14-5-7-4-12-9(18-16)13-8(7)6-14/h4,16H,5-6H2,1-3H3. The monoisotopic (exact) mass is 269 g/mol. The third-order valence-electron chi connectivity index (χ3n) is 2.37. The molecule has 1 aliphatic heterocycles. The van der Waals surface area contributed by atoms with Gasteiger partial charge in [-0.05, 0) is 20.8 Å². The average Bonchev–Trinajstić information content (AvgIpc) is 2.69. The number of carbonyl (C=O) groups excluding carboxylic acids is 1. The van der Waals surface area contributed by atoms with E-state index in [1.807, 2.05) is 20.8 Å². The van der Waals surface area contributed by atoms with E-state index in [1.165, 1.54) is 0 Å². The minimum Gasteiger partial charge on any atom is -0.444 e. The molecular weight excluding hydrogens is 254 g/mol. The van der Waals surface area contributed by atoms with Gasteiger partial charge in [0.05, 0.1) is 30.8 Å². The third-order valence-corrected chi connectivity index (χ3v) is 2.73. The summed E-state index contributed by atoms with van der Waals surface area (Å²) in [5.41, 5.74) is 1.13. The fourth-order valence-electron chi connectivity index (χ4n) is 1.63. The van der Waals surface area contributed by atoms with E-state index < -0.39 is 5.60 Å². The number of hydrogen-bond acceptors (Lipinski definition) is 6. The smallest absolute Gasteiger partial charge is 0.410 e. The number of amides is 1. The first kappa shape index (κ1) is 13.1. The topological polar surface area (TPSA) is 75.5 Å². The Balaban J connectivity index is 2.08. The summed E-state index contributed by atoms with van der Waals surface area (Å²) >= 11 is 0.498. The van der Waals surface area contributed by atoms with Gasteiger partial charge >= 0.3 is 6.09 Å². The Morgan fingerprint density at radius 3 is 2.83 bits per heavy atom. The van der Waals surface area contributed by atoms with Crippen LogP contribution in [0, 0.1) is 0 Å². The molecule has 1 aliphatic rings. The second-order valence-electron chi connectivity index (χ2n) is 5.05. The molecule has 0 aromatic carbocycles. The zero-order chi connectivity index (χ0) is 13.3. The molecule has 0 atom stereocenters. The summed E-state index contributed by atoms with van der Waals surface area (Å²) in [5, 5.41) is 0.291. The first-order valence-corrected chi connectivity index (χ1v) is 6.30. The van der Waals surface area contributed by atoms with Crippen molar-refractivity contribution in [3.05, 3.63) is 17.5 Å². The minimum atomic E-state index is -0.510. The van der Waals surface area contributed by atoms with E-state index in [-0.39, 0.29) is 6.09 Å². The maximum absolute atomic E-state index is 11.9. The Hall–Kier alpha value is -1.34. The van der Waals surface area contributed by atoms with Gasteiger partial charge in [-0.15, -0.1) is 0 Å². The molecule has 0 aliphatic carbocycles. The largest absolute Gasteiger partial charge is 0.444 e. The molecule has 98 valence electrons. The molecule has 0 radical (unpaired) electrons. The van der Waals surface area contributed by atoms with E-state index in [9.17, 15) is 4.79 Å². The van der Waals surface area contributed by atoms with Gasteiger partial charge in [-0.25, -0.2) is 14.8 Å². The van der Waals surface area contributed by atoms with Gasteiger partial charge in [0.2, 0.25) is 5.16 Å². The number of carbonyl (C=O) groups is 1. The van der Waals surface area contributed by atoms with Crippen LogP contribution in [0.1, 0.15) is 32.0 Å². The molecule has 0 bridgehead atoms. The van der Waals surface area contributed by atoms with E-state index in [4.69, 9.17) is 9.29 Å². The van der Waals surface area contributed by atoms with Gasteiger partial charge in [-0.2, -0.15) is 0 Å². The van der Waals surface area contributed by atoms with Gasteiger partial charge in [-0.1, -0.05) is 0 Å². The molecule has 0 spiro atoms. The second-order valence-corrected chi connectivity index (χ2v) is 5.60. The van der Waals surface area contributed by atoms with Crippen LogP contribution in [0.25, 0.3) is 0 Å². The predicted molar refractivity (Wildman–Crippen MR) is 66.0 cm³/mol. The zero-order valence-corrected chi connectivity index (χ0v) is 11.3. The molecule has 7 heteroatoms. The maximum atomic E-state index is 11.9. The van der Waals surface area contributed by atoms with Crippen molar-refractivity contribution in [1.82, 2.24) is 14.9 Å². The molecule has 1 aromatic rings. The molecule has 0 fully saturated rings. The maximum Gasteiger partial charge on any atom is 0.410 e. The van der Waals surface area contributed by atoms with Gasteiger partial charge in [-0.3, -0.25) is 4.90 Å². The summed E-state index contributed by atoms with van der Waals surface area (Å²) in [7, 11) is 0. The average molecular weight is 269 g/mol. The van der Waals surface area contributed by atoms with Crippen LogP contribution in [-0.2, 0) is 17.8 Å². The highest BCUT2D eigenvalue weighted by Crippen LogP contribution is 2.24. The molecule has 0 unspecified atom stereocenters. The fraction of sp³-hybridized carbons (Fsp3) is 0.545. The number of aromatic nitrogens is 2. The van der Waals surface area contributed by atoms with Gasteiger partial charge in [0.25, 0.3) is 0 Å². The fourth-order valence-corrected chi connectivity index (χ4v) is 1.89. The van der Waals surface area contributed by atoms with Crippen LogP contribution < -0.4 is 0 Å². The Kier molecular flexibility index (Phi) is 3.45. The number of nitrogens with zero attached hydrogens (tertiary/aromatic N) is 3. The van der Waals surface area contributed by atoms with E-state index >= 15 is 0 Å². The highest BCUT2D eigenvalue weighted by Gasteiger charge is 2.29. The lowest BCUT2D eigenvalue weighted by atomic mass is 10.2. The van der Waals surface area contributed by atoms with E-state index in [1.54, 1.807) is 11.1 Å². The van der Waals surface area contributed by atoms with Crippen LogP contribution in [0.3, 0.4) is 0 Å². The van der Waals surface area contributed by atoms with Gasteiger partial charge in [0.1, 0.15) is 5.60 Å². The SMILES string of the molecule is CC(C)(C)OC(=O)N1Cc2cnc(SO)nc2C1.